The van der Waals surface area contributed by atoms with E-state index in [4.69, 9.17) is 9.47 Å². The zero-order valence-corrected chi connectivity index (χ0v) is 20.6. The number of fused-ring (bicyclic) bond motifs is 5. The van der Waals surface area contributed by atoms with Crippen LogP contribution >= 0.6 is 0 Å². The number of amides is 2. The number of hydrogen-bond acceptors (Lipinski definition) is 4. The molecule has 3 atom stereocenters. The summed E-state index contributed by atoms with van der Waals surface area (Å²) in [6, 6.07) is 19.7. The molecule has 0 unspecified atom stereocenters. The number of rotatable bonds is 4. The summed E-state index contributed by atoms with van der Waals surface area (Å²) >= 11 is 0. The van der Waals surface area contributed by atoms with Gasteiger partial charge in [0.05, 0.1) is 32.2 Å². The van der Waals surface area contributed by atoms with Gasteiger partial charge in [-0.2, -0.15) is 0 Å². The summed E-state index contributed by atoms with van der Waals surface area (Å²) in [7, 11) is 3.13. The molecule has 2 aliphatic heterocycles. The second-order valence-corrected chi connectivity index (χ2v) is 9.82. The summed E-state index contributed by atoms with van der Waals surface area (Å²) in [4.78, 5) is 29.9. The number of nitrogens with one attached hydrogen (secondary N) is 1. The quantitative estimate of drug-likeness (QED) is 0.584. The molecule has 0 saturated heterocycles. The molecule has 2 heterocycles. The van der Waals surface area contributed by atoms with E-state index in [2.05, 4.69) is 35.6 Å². The molecule has 3 aliphatic rings. The van der Waals surface area contributed by atoms with E-state index in [9.17, 15) is 9.59 Å². The largest absolute Gasteiger partial charge is 0.493 e. The zero-order valence-electron chi connectivity index (χ0n) is 20.6. The van der Waals surface area contributed by atoms with Crippen LogP contribution in [0.2, 0.25) is 0 Å². The third kappa shape index (κ3) is 3.55. The fraction of sp³-hybridized carbons (Fsp3) is 0.333. The maximum Gasteiger partial charge on any atom is 0.254 e. The fourth-order valence-electron chi connectivity index (χ4n) is 6.30. The highest BCUT2D eigenvalue weighted by Crippen LogP contribution is 2.48. The Kier molecular flexibility index (Phi) is 5.67. The highest BCUT2D eigenvalue weighted by atomic mass is 16.5. The van der Waals surface area contributed by atoms with Crippen molar-refractivity contribution in [2.45, 2.75) is 43.7 Å². The Morgan fingerprint density at radius 2 is 1.56 bits per heavy atom. The first-order valence-electron chi connectivity index (χ1n) is 12.6. The number of methoxy groups -OCH3 is 2. The van der Waals surface area contributed by atoms with E-state index in [0.717, 1.165) is 31.2 Å². The van der Waals surface area contributed by atoms with Crippen LogP contribution in [0.15, 0.2) is 60.7 Å². The Morgan fingerprint density at radius 3 is 2.31 bits per heavy atom. The van der Waals surface area contributed by atoms with Crippen LogP contribution < -0.4 is 14.8 Å². The number of benzene rings is 3. The summed E-state index contributed by atoms with van der Waals surface area (Å²) in [6.45, 7) is 0.574. The molecule has 2 amide bonds. The van der Waals surface area contributed by atoms with Crippen molar-refractivity contribution in [2.75, 3.05) is 20.8 Å². The molecule has 6 rings (SSSR count). The molecule has 0 saturated carbocycles. The predicted octanol–water partition coefficient (Wildman–Crippen LogP) is 4.73. The molecular formula is C30H30N2O4. The van der Waals surface area contributed by atoms with E-state index >= 15 is 0 Å². The second kappa shape index (κ2) is 9.01. The van der Waals surface area contributed by atoms with E-state index < -0.39 is 5.92 Å². The van der Waals surface area contributed by atoms with Crippen molar-refractivity contribution < 1.29 is 19.1 Å². The van der Waals surface area contributed by atoms with Gasteiger partial charge < -0.3 is 19.7 Å². The molecule has 0 aromatic heterocycles. The average molecular weight is 483 g/mol. The predicted molar refractivity (Wildman–Crippen MR) is 136 cm³/mol. The van der Waals surface area contributed by atoms with Gasteiger partial charge in [-0.05, 0) is 65.6 Å². The second-order valence-electron chi connectivity index (χ2n) is 9.82. The Hall–Kier alpha value is -3.80. The van der Waals surface area contributed by atoms with Crippen molar-refractivity contribution in [3.63, 3.8) is 0 Å². The van der Waals surface area contributed by atoms with Gasteiger partial charge in [0, 0.05) is 12.1 Å². The van der Waals surface area contributed by atoms with Gasteiger partial charge in [0.15, 0.2) is 11.5 Å². The molecular weight excluding hydrogens is 452 g/mol. The van der Waals surface area contributed by atoms with Gasteiger partial charge in [0.1, 0.15) is 0 Å². The van der Waals surface area contributed by atoms with Crippen molar-refractivity contribution in [1.82, 2.24) is 10.2 Å². The van der Waals surface area contributed by atoms with E-state index in [0.29, 0.717) is 29.2 Å². The van der Waals surface area contributed by atoms with Crippen LogP contribution in [0.4, 0.5) is 0 Å². The minimum atomic E-state index is -0.562. The molecule has 0 bridgehead atoms. The molecule has 0 fully saturated rings. The highest BCUT2D eigenvalue weighted by Gasteiger charge is 2.47. The van der Waals surface area contributed by atoms with E-state index in [-0.39, 0.29) is 23.9 Å². The topological polar surface area (TPSA) is 67.9 Å². The van der Waals surface area contributed by atoms with Crippen LogP contribution in [0, 0.1) is 0 Å². The van der Waals surface area contributed by atoms with E-state index in [1.807, 2.05) is 29.2 Å². The van der Waals surface area contributed by atoms with Crippen molar-refractivity contribution in [3.8, 4) is 11.5 Å². The van der Waals surface area contributed by atoms with Gasteiger partial charge in [0.25, 0.3) is 5.91 Å². The Morgan fingerprint density at radius 1 is 0.889 bits per heavy atom. The number of ether oxygens (including phenoxy) is 2. The van der Waals surface area contributed by atoms with Crippen molar-refractivity contribution in [3.05, 3.63) is 94.0 Å². The van der Waals surface area contributed by atoms with Crippen molar-refractivity contribution >= 4 is 11.8 Å². The van der Waals surface area contributed by atoms with Crippen molar-refractivity contribution in [2.24, 2.45) is 0 Å². The lowest BCUT2D eigenvalue weighted by Crippen LogP contribution is -2.50. The Labute approximate surface area is 211 Å². The molecule has 3 aromatic rings. The maximum atomic E-state index is 14.2. The molecule has 0 spiro atoms. The highest BCUT2D eigenvalue weighted by molar-refractivity contribution is 6.02. The van der Waals surface area contributed by atoms with Crippen LogP contribution in [-0.4, -0.2) is 37.5 Å². The van der Waals surface area contributed by atoms with Crippen molar-refractivity contribution in [1.29, 1.82) is 0 Å². The summed E-state index contributed by atoms with van der Waals surface area (Å²) < 4.78 is 11.1. The first kappa shape index (κ1) is 22.7. The zero-order chi connectivity index (χ0) is 24.8. The Balaban J connectivity index is 1.48. The molecule has 6 nitrogen and oxygen atoms in total. The summed E-state index contributed by atoms with van der Waals surface area (Å²) in [5.41, 5.74) is 5.92. The van der Waals surface area contributed by atoms with Gasteiger partial charge in [-0.15, -0.1) is 0 Å². The lowest BCUT2D eigenvalue weighted by atomic mass is 9.75. The monoisotopic (exact) mass is 482 g/mol. The number of hydrogen-bond donors (Lipinski definition) is 1. The van der Waals surface area contributed by atoms with Gasteiger partial charge in [-0.25, -0.2) is 0 Å². The van der Waals surface area contributed by atoms with Gasteiger partial charge >= 0.3 is 0 Å². The minimum Gasteiger partial charge on any atom is -0.493 e. The van der Waals surface area contributed by atoms with Crippen LogP contribution in [0.5, 0.6) is 11.5 Å². The third-order valence-electron chi connectivity index (χ3n) is 8.00. The standard InChI is InChI=1S/C30H30N2O4/c1-35-25-16-22-23(17-26(25)36-2)30(34)32-15-14-19-9-4-6-12-21(19)28(32)27(22)29(33)31-24-13-7-10-18-8-3-5-11-20(18)24/h3-6,8-9,11-12,16-17,24,27-28H,7,10,13-15H2,1-2H3,(H,31,33)/t24-,27-,28+/m0/s1. The maximum absolute atomic E-state index is 14.2. The van der Waals surface area contributed by atoms with E-state index in [1.165, 1.54) is 16.7 Å². The number of aryl methyl sites for hydroxylation is 1. The number of carbonyl (C=O) groups excluding carboxylic acids is 2. The lowest BCUT2D eigenvalue weighted by Gasteiger charge is -2.45. The molecule has 1 N–H and O–H groups in total. The van der Waals surface area contributed by atoms with Crippen LogP contribution in [0.3, 0.4) is 0 Å². The smallest absolute Gasteiger partial charge is 0.254 e. The summed E-state index contributed by atoms with van der Waals surface area (Å²) in [6.07, 6.45) is 3.73. The van der Waals surface area contributed by atoms with Crippen LogP contribution in [0.25, 0.3) is 0 Å². The number of nitrogens with zero attached hydrogens (tertiary/aromatic N) is 1. The van der Waals surface area contributed by atoms with Crippen LogP contribution in [0.1, 0.15) is 69.0 Å². The molecule has 184 valence electrons. The number of carbonyl (C=O) groups is 2. The summed E-state index contributed by atoms with van der Waals surface area (Å²) in [5, 5.41) is 3.38. The molecule has 3 aromatic carbocycles. The molecule has 1 aliphatic carbocycles. The lowest BCUT2D eigenvalue weighted by molar-refractivity contribution is -0.125. The Bertz CT molecular complexity index is 1350. The molecule has 0 radical (unpaired) electrons. The average Bonchev–Trinajstić information content (AvgIpc) is 2.92. The van der Waals surface area contributed by atoms with E-state index in [1.54, 1.807) is 20.3 Å². The summed E-state index contributed by atoms with van der Waals surface area (Å²) in [5.74, 6) is 0.304. The fourth-order valence-corrected chi connectivity index (χ4v) is 6.30. The van der Waals surface area contributed by atoms with Crippen LogP contribution in [-0.2, 0) is 17.6 Å². The van der Waals surface area contributed by atoms with Gasteiger partial charge in [0.2, 0.25) is 5.91 Å². The normalized spacial score (nSPS) is 22.0. The minimum absolute atomic E-state index is 0.0454. The third-order valence-corrected chi connectivity index (χ3v) is 8.00. The first-order chi connectivity index (χ1) is 17.6. The first-order valence-corrected chi connectivity index (χ1v) is 12.6. The molecule has 6 heteroatoms. The SMILES string of the molecule is COc1cc2c(cc1OC)[C@H](C(=O)N[C@H]1CCCc3ccccc31)[C@H]1c3ccccc3CCN1C2=O. The van der Waals surface area contributed by atoms with Gasteiger partial charge in [-0.1, -0.05) is 48.5 Å². The van der Waals surface area contributed by atoms with Gasteiger partial charge in [-0.3, -0.25) is 9.59 Å². The molecule has 36 heavy (non-hydrogen) atoms.